The first-order valence-electron chi connectivity index (χ1n) is 4.99. The number of hydrogen-bond donors (Lipinski definition) is 0. The van der Waals surface area contributed by atoms with Crippen LogP contribution in [0, 0.1) is 18.3 Å². The van der Waals surface area contributed by atoms with Crippen molar-refractivity contribution < 1.29 is 0 Å². The number of nitriles is 1. The number of aryl methyl sites for hydroxylation is 1. The summed E-state index contributed by atoms with van der Waals surface area (Å²) < 4.78 is 0.973. The van der Waals surface area contributed by atoms with Crippen LogP contribution in [-0.4, -0.2) is 4.98 Å². The highest BCUT2D eigenvalue weighted by Crippen LogP contribution is 2.24. The fourth-order valence-corrected chi connectivity index (χ4v) is 2.53. The van der Waals surface area contributed by atoms with Gasteiger partial charge in [-0.2, -0.15) is 5.26 Å². The number of allylic oxidation sites excluding steroid dienone is 1. The standard InChI is InChI=1S/C13H9BrN2S/c1-9-8-17-13(16-9)11(7-15)6-10-4-2-3-5-12(10)14/h2-6,8H,1H3/b11-6-. The monoisotopic (exact) mass is 304 g/mol. The quantitative estimate of drug-likeness (QED) is 0.777. The summed E-state index contributed by atoms with van der Waals surface area (Å²) in [5.74, 6) is 0. The molecule has 0 aliphatic rings. The first kappa shape index (κ1) is 12.0. The maximum absolute atomic E-state index is 9.17. The summed E-state index contributed by atoms with van der Waals surface area (Å²) in [7, 11) is 0. The van der Waals surface area contributed by atoms with E-state index in [1.165, 1.54) is 11.3 Å². The molecule has 1 aromatic carbocycles. The van der Waals surface area contributed by atoms with Gasteiger partial charge in [-0.25, -0.2) is 4.98 Å². The lowest BCUT2D eigenvalue weighted by Gasteiger charge is -1.98. The van der Waals surface area contributed by atoms with Gasteiger partial charge in [0.1, 0.15) is 11.1 Å². The number of rotatable bonds is 2. The Morgan fingerprint density at radius 3 is 2.82 bits per heavy atom. The smallest absolute Gasteiger partial charge is 0.134 e. The molecule has 0 bridgehead atoms. The molecule has 0 spiro atoms. The van der Waals surface area contributed by atoms with Crippen LogP contribution in [0.5, 0.6) is 0 Å². The van der Waals surface area contributed by atoms with Gasteiger partial charge in [-0.15, -0.1) is 11.3 Å². The molecule has 84 valence electrons. The van der Waals surface area contributed by atoms with E-state index in [9.17, 15) is 5.26 Å². The van der Waals surface area contributed by atoms with Crippen LogP contribution in [0.3, 0.4) is 0 Å². The van der Waals surface area contributed by atoms with E-state index >= 15 is 0 Å². The zero-order valence-corrected chi connectivity index (χ0v) is 11.5. The molecule has 0 saturated heterocycles. The largest absolute Gasteiger partial charge is 0.241 e. The van der Waals surface area contributed by atoms with Gasteiger partial charge in [0, 0.05) is 15.5 Å². The molecular weight excluding hydrogens is 296 g/mol. The van der Waals surface area contributed by atoms with E-state index in [-0.39, 0.29) is 0 Å². The van der Waals surface area contributed by atoms with Crippen LogP contribution in [0.1, 0.15) is 16.3 Å². The minimum Gasteiger partial charge on any atom is -0.241 e. The van der Waals surface area contributed by atoms with Gasteiger partial charge in [0.15, 0.2) is 0 Å². The predicted octanol–water partition coefficient (Wildman–Crippen LogP) is 4.28. The summed E-state index contributed by atoms with van der Waals surface area (Å²) in [5, 5.41) is 11.9. The van der Waals surface area contributed by atoms with Crippen molar-refractivity contribution >= 4 is 38.9 Å². The first-order valence-corrected chi connectivity index (χ1v) is 6.67. The molecule has 4 heteroatoms. The number of nitrogens with zero attached hydrogens (tertiary/aromatic N) is 2. The Kier molecular flexibility index (Phi) is 3.72. The number of hydrogen-bond acceptors (Lipinski definition) is 3. The van der Waals surface area contributed by atoms with Crippen LogP contribution in [0.4, 0.5) is 0 Å². The SMILES string of the molecule is Cc1csc(/C(C#N)=C\c2ccccc2Br)n1. The van der Waals surface area contributed by atoms with Crippen LogP contribution in [-0.2, 0) is 0 Å². The molecule has 0 aliphatic carbocycles. The fraction of sp³-hybridized carbons (Fsp3) is 0.0769. The van der Waals surface area contributed by atoms with Crippen LogP contribution in [0.2, 0.25) is 0 Å². The minimum atomic E-state index is 0.593. The molecule has 2 rings (SSSR count). The molecule has 0 atom stereocenters. The van der Waals surface area contributed by atoms with Crippen molar-refractivity contribution in [3.8, 4) is 6.07 Å². The lowest BCUT2D eigenvalue weighted by Crippen LogP contribution is -1.82. The van der Waals surface area contributed by atoms with Crippen molar-refractivity contribution in [1.29, 1.82) is 5.26 Å². The van der Waals surface area contributed by atoms with Crippen molar-refractivity contribution in [2.45, 2.75) is 6.92 Å². The van der Waals surface area contributed by atoms with Gasteiger partial charge >= 0.3 is 0 Å². The zero-order chi connectivity index (χ0) is 12.3. The molecule has 0 aliphatic heterocycles. The van der Waals surface area contributed by atoms with Gasteiger partial charge in [0.05, 0.1) is 5.57 Å². The second-order valence-electron chi connectivity index (χ2n) is 3.49. The highest BCUT2D eigenvalue weighted by molar-refractivity contribution is 9.10. The lowest BCUT2D eigenvalue weighted by atomic mass is 10.1. The Bertz CT molecular complexity index is 608. The summed E-state index contributed by atoms with van der Waals surface area (Å²) >= 11 is 4.95. The molecule has 0 radical (unpaired) electrons. The maximum atomic E-state index is 9.17. The summed E-state index contributed by atoms with van der Waals surface area (Å²) in [5.41, 5.74) is 2.52. The molecule has 0 fully saturated rings. The average molecular weight is 305 g/mol. The molecule has 1 heterocycles. The summed E-state index contributed by atoms with van der Waals surface area (Å²) in [4.78, 5) is 4.32. The van der Waals surface area contributed by atoms with Gasteiger partial charge in [-0.05, 0) is 24.6 Å². The van der Waals surface area contributed by atoms with E-state index in [4.69, 9.17) is 0 Å². The van der Waals surface area contributed by atoms with E-state index in [2.05, 4.69) is 27.0 Å². The van der Waals surface area contributed by atoms with Gasteiger partial charge in [-0.1, -0.05) is 34.1 Å². The van der Waals surface area contributed by atoms with Crippen LogP contribution < -0.4 is 0 Å². The molecule has 0 amide bonds. The zero-order valence-electron chi connectivity index (χ0n) is 9.14. The fourth-order valence-electron chi connectivity index (χ4n) is 1.37. The van der Waals surface area contributed by atoms with E-state index in [0.717, 1.165) is 20.7 Å². The van der Waals surface area contributed by atoms with Gasteiger partial charge < -0.3 is 0 Å². The van der Waals surface area contributed by atoms with Crippen molar-refractivity contribution in [3.63, 3.8) is 0 Å². The number of aromatic nitrogens is 1. The van der Waals surface area contributed by atoms with Crippen molar-refractivity contribution in [1.82, 2.24) is 4.98 Å². The van der Waals surface area contributed by atoms with Crippen LogP contribution >= 0.6 is 27.3 Å². The molecular formula is C13H9BrN2S. The maximum Gasteiger partial charge on any atom is 0.134 e. The van der Waals surface area contributed by atoms with Crippen molar-refractivity contribution in [3.05, 3.63) is 50.4 Å². The summed E-state index contributed by atoms with van der Waals surface area (Å²) in [6.45, 7) is 1.92. The summed E-state index contributed by atoms with van der Waals surface area (Å²) in [6.07, 6.45) is 1.85. The number of thiazole rings is 1. The Labute approximate surface area is 112 Å². The third kappa shape index (κ3) is 2.82. The van der Waals surface area contributed by atoms with E-state index < -0.39 is 0 Å². The van der Waals surface area contributed by atoms with E-state index in [1.54, 1.807) is 0 Å². The Morgan fingerprint density at radius 1 is 1.47 bits per heavy atom. The Balaban J connectivity index is 2.44. The van der Waals surface area contributed by atoms with Crippen LogP contribution in [0.15, 0.2) is 34.1 Å². The summed E-state index contributed by atoms with van der Waals surface area (Å²) in [6, 6.07) is 10.00. The Morgan fingerprint density at radius 2 is 2.24 bits per heavy atom. The number of halogens is 1. The second-order valence-corrected chi connectivity index (χ2v) is 5.20. The topological polar surface area (TPSA) is 36.7 Å². The molecule has 0 N–H and O–H groups in total. The molecule has 0 unspecified atom stereocenters. The van der Waals surface area contributed by atoms with Gasteiger partial charge in [0.2, 0.25) is 0 Å². The third-order valence-corrected chi connectivity index (χ3v) is 3.89. The van der Waals surface area contributed by atoms with E-state index in [0.29, 0.717) is 5.57 Å². The third-order valence-electron chi connectivity index (χ3n) is 2.17. The highest BCUT2D eigenvalue weighted by atomic mass is 79.9. The average Bonchev–Trinajstić information content (AvgIpc) is 2.75. The minimum absolute atomic E-state index is 0.593. The van der Waals surface area contributed by atoms with Gasteiger partial charge in [-0.3, -0.25) is 0 Å². The number of benzene rings is 1. The van der Waals surface area contributed by atoms with Crippen molar-refractivity contribution in [2.24, 2.45) is 0 Å². The first-order chi connectivity index (χ1) is 8.20. The highest BCUT2D eigenvalue weighted by Gasteiger charge is 2.06. The predicted molar refractivity (Wildman–Crippen MR) is 74.5 cm³/mol. The molecule has 2 nitrogen and oxygen atoms in total. The van der Waals surface area contributed by atoms with Crippen LogP contribution in [0.25, 0.3) is 11.6 Å². The van der Waals surface area contributed by atoms with E-state index in [1.807, 2.05) is 42.6 Å². The van der Waals surface area contributed by atoms with Gasteiger partial charge in [0.25, 0.3) is 0 Å². The molecule has 2 aromatic rings. The molecule has 0 saturated carbocycles. The molecule has 17 heavy (non-hydrogen) atoms. The second kappa shape index (κ2) is 5.26. The Hall–Kier alpha value is -1.44. The molecule has 1 aromatic heterocycles. The normalized spacial score (nSPS) is 11.2. The van der Waals surface area contributed by atoms with Crippen molar-refractivity contribution in [2.75, 3.05) is 0 Å². The lowest BCUT2D eigenvalue weighted by molar-refractivity contribution is 1.25.